The molecule has 0 fully saturated rings. The van der Waals surface area contributed by atoms with Crippen molar-refractivity contribution in [1.82, 2.24) is 14.8 Å². The number of amides is 1. The number of thioether (sulfide) groups is 1. The van der Waals surface area contributed by atoms with E-state index >= 15 is 0 Å². The van der Waals surface area contributed by atoms with E-state index in [4.69, 9.17) is 0 Å². The number of carbonyl (C=O) groups excluding carboxylic acids is 1. The van der Waals surface area contributed by atoms with Gasteiger partial charge in [0.15, 0.2) is 11.0 Å². The number of hydrogen-bond acceptors (Lipinski definition) is 4. The van der Waals surface area contributed by atoms with Gasteiger partial charge in [-0.25, -0.2) is 0 Å². The molecule has 0 aliphatic carbocycles. The molecule has 28 heavy (non-hydrogen) atoms. The topological polar surface area (TPSA) is 59.8 Å². The third-order valence-corrected chi connectivity index (χ3v) is 5.67. The van der Waals surface area contributed by atoms with E-state index in [2.05, 4.69) is 38.0 Å². The molecule has 0 radical (unpaired) electrons. The Morgan fingerprint density at radius 2 is 2.00 bits per heavy atom. The summed E-state index contributed by atoms with van der Waals surface area (Å²) in [5.41, 5.74) is 3.96. The number of halogens is 1. The highest BCUT2D eigenvalue weighted by Gasteiger charge is 2.16. The average Bonchev–Trinajstić information content (AvgIpc) is 3.06. The predicted octanol–water partition coefficient (Wildman–Crippen LogP) is 5.24. The van der Waals surface area contributed by atoms with Crippen LogP contribution in [-0.4, -0.2) is 26.4 Å². The molecule has 0 unspecified atom stereocenters. The van der Waals surface area contributed by atoms with Crippen LogP contribution in [0.1, 0.15) is 11.1 Å². The number of carbonyl (C=O) groups is 1. The second kappa shape index (κ2) is 9.21. The Balaban J connectivity index is 1.74. The van der Waals surface area contributed by atoms with Gasteiger partial charge in [-0.05, 0) is 43.2 Å². The molecule has 144 valence electrons. The Kier molecular flexibility index (Phi) is 6.70. The van der Waals surface area contributed by atoms with E-state index in [1.54, 1.807) is 6.08 Å². The molecule has 1 heterocycles. The Bertz CT molecular complexity index is 1020. The Morgan fingerprint density at radius 3 is 2.71 bits per heavy atom. The lowest BCUT2D eigenvalue weighted by Crippen LogP contribution is -2.15. The fourth-order valence-corrected chi connectivity index (χ4v) is 4.02. The first-order valence-corrected chi connectivity index (χ1v) is 10.6. The first-order chi connectivity index (χ1) is 13.5. The zero-order valence-electron chi connectivity index (χ0n) is 15.8. The van der Waals surface area contributed by atoms with Crippen LogP contribution >= 0.6 is 27.7 Å². The Morgan fingerprint density at radius 1 is 1.21 bits per heavy atom. The summed E-state index contributed by atoms with van der Waals surface area (Å²) >= 11 is 4.80. The van der Waals surface area contributed by atoms with E-state index in [1.807, 2.05) is 60.9 Å². The summed E-state index contributed by atoms with van der Waals surface area (Å²) in [5, 5.41) is 12.3. The lowest BCUT2D eigenvalue weighted by Gasteiger charge is -2.10. The summed E-state index contributed by atoms with van der Waals surface area (Å²) in [6.07, 6.45) is 1.81. The van der Waals surface area contributed by atoms with E-state index in [0.29, 0.717) is 11.7 Å². The quantitative estimate of drug-likeness (QED) is 0.389. The smallest absolute Gasteiger partial charge is 0.234 e. The van der Waals surface area contributed by atoms with Gasteiger partial charge in [-0.3, -0.25) is 9.36 Å². The minimum atomic E-state index is -0.0824. The molecule has 0 saturated carbocycles. The molecule has 1 amide bonds. The highest BCUT2D eigenvalue weighted by molar-refractivity contribution is 9.10. The fraction of sp³-hybridized carbons (Fsp3) is 0.190. The van der Waals surface area contributed by atoms with E-state index in [0.717, 1.165) is 32.7 Å². The Labute approximate surface area is 177 Å². The lowest BCUT2D eigenvalue weighted by molar-refractivity contribution is -0.113. The minimum Gasteiger partial charge on any atom is -0.325 e. The molecule has 7 heteroatoms. The number of aromatic nitrogens is 3. The maximum atomic E-state index is 12.4. The summed E-state index contributed by atoms with van der Waals surface area (Å²) in [4.78, 5) is 12.4. The zero-order valence-corrected chi connectivity index (χ0v) is 18.2. The third-order valence-electron chi connectivity index (χ3n) is 4.21. The molecule has 0 aliphatic rings. The number of hydrogen-bond donors (Lipinski definition) is 1. The van der Waals surface area contributed by atoms with Gasteiger partial charge in [-0.15, -0.1) is 16.8 Å². The summed E-state index contributed by atoms with van der Waals surface area (Å²) in [7, 11) is 0. The van der Waals surface area contributed by atoms with Gasteiger partial charge >= 0.3 is 0 Å². The second-order valence-corrected chi connectivity index (χ2v) is 8.17. The standard InChI is InChI=1S/C21H21BrN4OS/c1-4-11-26-20(17-8-6-5-7-14(17)2)24-25-21(26)28-13-19(27)23-18-10-9-16(22)12-15(18)3/h4-10,12H,1,11,13H2,2-3H3,(H,23,27). The summed E-state index contributed by atoms with van der Waals surface area (Å²) < 4.78 is 2.97. The van der Waals surface area contributed by atoms with Crippen LogP contribution in [0.5, 0.6) is 0 Å². The van der Waals surface area contributed by atoms with E-state index in [-0.39, 0.29) is 11.7 Å². The molecule has 0 spiro atoms. The molecular formula is C21H21BrN4OS. The van der Waals surface area contributed by atoms with Gasteiger partial charge in [0.1, 0.15) is 0 Å². The van der Waals surface area contributed by atoms with Crippen LogP contribution in [0, 0.1) is 13.8 Å². The summed E-state index contributed by atoms with van der Waals surface area (Å²) in [6, 6.07) is 13.8. The van der Waals surface area contributed by atoms with Crippen LogP contribution in [0.2, 0.25) is 0 Å². The molecule has 2 aromatic carbocycles. The first kappa shape index (κ1) is 20.4. The third kappa shape index (κ3) is 4.72. The van der Waals surface area contributed by atoms with Crippen LogP contribution in [0.25, 0.3) is 11.4 Å². The number of rotatable bonds is 7. The van der Waals surface area contributed by atoms with Crippen LogP contribution in [0.3, 0.4) is 0 Å². The maximum Gasteiger partial charge on any atom is 0.234 e. The molecule has 3 rings (SSSR count). The molecule has 0 aliphatic heterocycles. The largest absolute Gasteiger partial charge is 0.325 e. The molecule has 0 bridgehead atoms. The van der Waals surface area contributed by atoms with Crippen molar-refractivity contribution in [1.29, 1.82) is 0 Å². The molecule has 0 atom stereocenters. The van der Waals surface area contributed by atoms with Crippen molar-refractivity contribution < 1.29 is 4.79 Å². The van der Waals surface area contributed by atoms with Crippen molar-refractivity contribution in [3.05, 3.63) is 70.7 Å². The molecular weight excluding hydrogens is 436 g/mol. The van der Waals surface area contributed by atoms with Gasteiger partial charge in [-0.2, -0.15) is 0 Å². The molecule has 1 aromatic heterocycles. The minimum absolute atomic E-state index is 0.0824. The Hall–Kier alpha value is -2.38. The number of anilines is 1. The van der Waals surface area contributed by atoms with E-state index < -0.39 is 0 Å². The van der Waals surface area contributed by atoms with Gasteiger partial charge in [0.05, 0.1) is 5.75 Å². The van der Waals surface area contributed by atoms with Gasteiger partial charge in [0.25, 0.3) is 0 Å². The van der Waals surface area contributed by atoms with Gasteiger partial charge in [0, 0.05) is 22.3 Å². The van der Waals surface area contributed by atoms with Gasteiger partial charge in [0.2, 0.25) is 5.91 Å². The van der Waals surface area contributed by atoms with Gasteiger partial charge < -0.3 is 5.32 Å². The first-order valence-electron chi connectivity index (χ1n) is 8.78. The monoisotopic (exact) mass is 456 g/mol. The van der Waals surface area contributed by atoms with Crippen LogP contribution < -0.4 is 5.32 Å². The normalized spacial score (nSPS) is 10.7. The van der Waals surface area contributed by atoms with Crippen molar-refractivity contribution in [2.75, 3.05) is 11.1 Å². The molecule has 3 aromatic rings. The zero-order chi connectivity index (χ0) is 20.1. The number of nitrogens with zero attached hydrogens (tertiary/aromatic N) is 3. The van der Waals surface area contributed by atoms with Crippen molar-refractivity contribution in [2.45, 2.75) is 25.5 Å². The fourth-order valence-electron chi connectivity index (χ4n) is 2.80. The summed E-state index contributed by atoms with van der Waals surface area (Å²) in [5.74, 6) is 0.948. The van der Waals surface area contributed by atoms with Crippen molar-refractivity contribution in [2.24, 2.45) is 0 Å². The van der Waals surface area contributed by atoms with Crippen molar-refractivity contribution in [3.8, 4) is 11.4 Å². The average molecular weight is 457 g/mol. The molecule has 1 N–H and O–H groups in total. The summed E-state index contributed by atoms with van der Waals surface area (Å²) in [6.45, 7) is 8.41. The number of allylic oxidation sites excluding steroid dienone is 1. The predicted molar refractivity (Wildman–Crippen MR) is 119 cm³/mol. The molecule has 0 saturated heterocycles. The van der Waals surface area contributed by atoms with Gasteiger partial charge in [-0.1, -0.05) is 58.0 Å². The van der Waals surface area contributed by atoms with Crippen molar-refractivity contribution in [3.63, 3.8) is 0 Å². The van der Waals surface area contributed by atoms with Crippen LogP contribution in [-0.2, 0) is 11.3 Å². The SMILES string of the molecule is C=CCn1c(SCC(=O)Nc2ccc(Br)cc2C)nnc1-c1ccccc1C. The highest BCUT2D eigenvalue weighted by atomic mass is 79.9. The number of benzene rings is 2. The van der Waals surface area contributed by atoms with E-state index in [9.17, 15) is 4.79 Å². The maximum absolute atomic E-state index is 12.4. The lowest BCUT2D eigenvalue weighted by atomic mass is 10.1. The van der Waals surface area contributed by atoms with E-state index in [1.165, 1.54) is 11.8 Å². The number of aryl methyl sites for hydroxylation is 2. The van der Waals surface area contributed by atoms with Crippen LogP contribution in [0.4, 0.5) is 5.69 Å². The highest BCUT2D eigenvalue weighted by Crippen LogP contribution is 2.27. The van der Waals surface area contributed by atoms with Crippen LogP contribution in [0.15, 0.2) is 64.7 Å². The molecule has 5 nitrogen and oxygen atoms in total. The second-order valence-electron chi connectivity index (χ2n) is 6.32. The number of nitrogens with one attached hydrogen (secondary N) is 1. The van der Waals surface area contributed by atoms with Crippen molar-refractivity contribution >= 4 is 39.3 Å².